The molecular weight excluding hydrogens is 332 g/mol. The molecule has 0 saturated heterocycles. The summed E-state index contributed by atoms with van der Waals surface area (Å²) in [7, 11) is 5.00. The van der Waals surface area contributed by atoms with Crippen molar-refractivity contribution in [3.05, 3.63) is 34.8 Å². The van der Waals surface area contributed by atoms with Crippen LogP contribution in [0.1, 0.15) is 11.3 Å². The zero-order valence-electron chi connectivity index (χ0n) is 13.7. The fourth-order valence-electron chi connectivity index (χ4n) is 1.97. The van der Waals surface area contributed by atoms with Gasteiger partial charge in [-0.15, -0.1) is 11.3 Å². The van der Waals surface area contributed by atoms with Gasteiger partial charge in [-0.1, -0.05) is 17.8 Å². The van der Waals surface area contributed by atoms with Crippen LogP contribution in [-0.2, 0) is 11.3 Å². The van der Waals surface area contributed by atoms with Gasteiger partial charge in [-0.25, -0.2) is 4.98 Å². The molecule has 0 atom stereocenters. The third kappa shape index (κ3) is 4.87. The van der Waals surface area contributed by atoms with Gasteiger partial charge < -0.3 is 14.4 Å². The summed E-state index contributed by atoms with van der Waals surface area (Å²) in [5.41, 5.74) is 1.98. The molecule has 0 bridgehead atoms. The van der Waals surface area contributed by atoms with Gasteiger partial charge in [-0.2, -0.15) is 0 Å². The first kappa shape index (κ1) is 17.6. The van der Waals surface area contributed by atoms with Crippen LogP contribution in [0.5, 0.6) is 11.5 Å². The van der Waals surface area contributed by atoms with Crippen molar-refractivity contribution in [3.63, 3.8) is 0 Å². The van der Waals surface area contributed by atoms with Crippen LogP contribution >= 0.6 is 23.1 Å². The Morgan fingerprint density at radius 1 is 1.30 bits per heavy atom. The van der Waals surface area contributed by atoms with Gasteiger partial charge in [-0.3, -0.25) is 4.79 Å². The number of nitrogens with zero attached hydrogens (tertiary/aromatic N) is 2. The minimum atomic E-state index is 0.0673. The predicted molar refractivity (Wildman–Crippen MR) is 93.6 cm³/mol. The van der Waals surface area contributed by atoms with Crippen LogP contribution < -0.4 is 9.47 Å². The molecule has 0 aliphatic rings. The minimum absolute atomic E-state index is 0.0673. The zero-order valence-corrected chi connectivity index (χ0v) is 15.3. The van der Waals surface area contributed by atoms with Crippen molar-refractivity contribution >= 4 is 29.0 Å². The highest BCUT2D eigenvalue weighted by Crippen LogP contribution is 2.28. The van der Waals surface area contributed by atoms with Crippen molar-refractivity contribution in [1.82, 2.24) is 9.88 Å². The van der Waals surface area contributed by atoms with Crippen LogP contribution in [0.15, 0.2) is 27.9 Å². The highest BCUT2D eigenvalue weighted by molar-refractivity contribution is 8.01. The largest absolute Gasteiger partial charge is 0.493 e. The second-order valence-corrected chi connectivity index (χ2v) is 7.06. The molecule has 1 heterocycles. The molecule has 0 spiro atoms. The summed E-state index contributed by atoms with van der Waals surface area (Å²) in [5, 5.41) is 1.99. The van der Waals surface area contributed by atoms with E-state index in [1.807, 2.05) is 30.5 Å². The Balaban J connectivity index is 1.92. The minimum Gasteiger partial charge on any atom is -0.493 e. The summed E-state index contributed by atoms with van der Waals surface area (Å²) in [6, 6.07) is 5.67. The quantitative estimate of drug-likeness (QED) is 0.716. The van der Waals surface area contributed by atoms with Crippen LogP contribution in [0, 0.1) is 6.92 Å². The Hall–Kier alpha value is -1.73. The highest BCUT2D eigenvalue weighted by Gasteiger charge is 2.12. The fourth-order valence-corrected chi connectivity index (χ4v) is 3.76. The SMILES string of the molecule is COc1ccc(CN(C)C(=O)CSc2nc(C)cs2)cc1OC. The van der Waals surface area contributed by atoms with Crippen molar-refractivity contribution in [1.29, 1.82) is 0 Å². The van der Waals surface area contributed by atoms with Crippen molar-refractivity contribution in [2.45, 2.75) is 17.8 Å². The molecule has 7 heteroatoms. The number of rotatable bonds is 7. The van der Waals surface area contributed by atoms with E-state index in [1.54, 1.807) is 37.5 Å². The number of aryl methyl sites for hydroxylation is 1. The Labute approximate surface area is 144 Å². The third-order valence-corrected chi connectivity index (χ3v) is 5.33. The van der Waals surface area contributed by atoms with Gasteiger partial charge in [-0.05, 0) is 24.6 Å². The Bertz CT molecular complexity index is 673. The number of ether oxygens (including phenoxy) is 2. The van der Waals surface area contributed by atoms with E-state index in [4.69, 9.17) is 9.47 Å². The molecule has 124 valence electrons. The Morgan fingerprint density at radius 2 is 2.04 bits per heavy atom. The summed E-state index contributed by atoms with van der Waals surface area (Å²) < 4.78 is 11.4. The Morgan fingerprint density at radius 3 is 2.65 bits per heavy atom. The van der Waals surface area contributed by atoms with Crippen molar-refractivity contribution < 1.29 is 14.3 Å². The molecule has 2 aromatic rings. The van der Waals surface area contributed by atoms with Crippen LogP contribution in [0.2, 0.25) is 0 Å². The van der Waals surface area contributed by atoms with Crippen LogP contribution in [0.4, 0.5) is 0 Å². The molecule has 1 aromatic heterocycles. The number of hydrogen-bond donors (Lipinski definition) is 0. The first-order chi connectivity index (χ1) is 11.0. The fraction of sp³-hybridized carbons (Fsp3) is 0.375. The van der Waals surface area contributed by atoms with Gasteiger partial charge in [0.2, 0.25) is 5.91 Å². The number of amides is 1. The lowest BCUT2D eigenvalue weighted by molar-refractivity contribution is -0.127. The molecule has 5 nitrogen and oxygen atoms in total. The molecule has 2 rings (SSSR count). The molecule has 0 unspecified atom stereocenters. The lowest BCUT2D eigenvalue weighted by atomic mass is 10.2. The number of carbonyl (C=O) groups excluding carboxylic acids is 1. The van der Waals surface area contributed by atoms with Crippen LogP contribution in [0.3, 0.4) is 0 Å². The van der Waals surface area contributed by atoms with Crippen LogP contribution in [-0.4, -0.2) is 42.8 Å². The molecule has 0 radical (unpaired) electrons. The van der Waals surface area contributed by atoms with Gasteiger partial charge >= 0.3 is 0 Å². The topological polar surface area (TPSA) is 51.7 Å². The summed E-state index contributed by atoms with van der Waals surface area (Å²) in [6.07, 6.45) is 0. The highest BCUT2D eigenvalue weighted by atomic mass is 32.2. The van der Waals surface area contributed by atoms with E-state index in [9.17, 15) is 4.79 Å². The molecule has 1 amide bonds. The van der Waals surface area contributed by atoms with E-state index in [0.717, 1.165) is 15.6 Å². The number of aromatic nitrogens is 1. The summed E-state index contributed by atoms with van der Waals surface area (Å²) >= 11 is 3.04. The summed E-state index contributed by atoms with van der Waals surface area (Å²) in [5.74, 6) is 1.80. The lowest BCUT2D eigenvalue weighted by Gasteiger charge is -2.18. The van der Waals surface area contributed by atoms with E-state index in [-0.39, 0.29) is 5.91 Å². The Kier molecular flexibility index (Phi) is 6.29. The first-order valence-electron chi connectivity index (χ1n) is 7.03. The normalized spacial score (nSPS) is 10.4. The molecular formula is C16H20N2O3S2. The zero-order chi connectivity index (χ0) is 16.8. The standard InChI is InChI=1S/C16H20N2O3S2/c1-11-9-22-16(17-11)23-10-15(19)18(2)8-12-5-6-13(20-3)14(7-12)21-4/h5-7,9H,8,10H2,1-4H3. The van der Waals surface area contributed by atoms with E-state index in [1.165, 1.54) is 11.8 Å². The number of thioether (sulfide) groups is 1. The van der Waals surface area contributed by atoms with E-state index in [2.05, 4.69) is 4.98 Å². The van der Waals surface area contributed by atoms with E-state index < -0.39 is 0 Å². The second kappa shape index (κ2) is 8.21. The number of methoxy groups -OCH3 is 2. The monoisotopic (exact) mass is 352 g/mol. The molecule has 1 aromatic carbocycles. The van der Waals surface area contributed by atoms with E-state index in [0.29, 0.717) is 23.8 Å². The van der Waals surface area contributed by atoms with Gasteiger partial charge in [0.25, 0.3) is 0 Å². The number of thiazole rings is 1. The maximum absolute atomic E-state index is 12.2. The number of carbonyl (C=O) groups is 1. The smallest absolute Gasteiger partial charge is 0.233 e. The van der Waals surface area contributed by atoms with Crippen LogP contribution in [0.25, 0.3) is 0 Å². The van der Waals surface area contributed by atoms with Crippen molar-refractivity contribution in [2.24, 2.45) is 0 Å². The molecule has 23 heavy (non-hydrogen) atoms. The second-order valence-electron chi connectivity index (χ2n) is 4.98. The molecule has 0 fully saturated rings. The predicted octanol–water partition coefficient (Wildman–Crippen LogP) is 3.22. The van der Waals surface area contributed by atoms with Gasteiger partial charge in [0.05, 0.1) is 20.0 Å². The maximum Gasteiger partial charge on any atom is 0.233 e. The summed E-state index contributed by atoms with van der Waals surface area (Å²) in [6.45, 7) is 2.47. The third-order valence-electron chi connectivity index (χ3n) is 3.21. The summed E-state index contributed by atoms with van der Waals surface area (Å²) in [4.78, 5) is 18.3. The molecule has 0 aliphatic heterocycles. The van der Waals surface area contributed by atoms with Gasteiger partial charge in [0.1, 0.15) is 0 Å². The van der Waals surface area contributed by atoms with Crippen molar-refractivity contribution in [2.75, 3.05) is 27.0 Å². The average Bonchev–Trinajstić information content (AvgIpc) is 2.97. The number of hydrogen-bond acceptors (Lipinski definition) is 6. The first-order valence-corrected chi connectivity index (χ1v) is 8.89. The average molecular weight is 352 g/mol. The molecule has 0 N–H and O–H groups in total. The van der Waals surface area contributed by atoms with E-state index >= 15 is 0 Å². The lowest BCUT2D eigenvalue weighted by Crippen LogP contribution is -2.27. The maximum atomic E-state index is 12.2. The van der Waals surface area contributed by atoms with Crippen molar-refractivity contribution in [3.8, 4) is 11.5 Å². The number of benzene rings is 1. The molecule has 0 saturated carbocycles. The van der Waals surface area contributed by atoms with Gasteiger partial charge in [0.15, 0.2) is 15.8 Å². The van der Waals surface area contributed by atoms with Gasteiger partial charge in [0, 0.05) is 24.7 Å². The molecule has 0 aliphatic carbocycles.